The molecule has 0 unspecified atom stereocenters. The van der Waals surface area contributed by atoms with Gasteiger partial charge in [0, 0.05) is 16.9 Å². The van der Waals surface area contributed by atoms with Crippen LogP contribution in [0.5, 0.6) is 5.75 Å². The quantitative estimate of drug-likeness (QED) is 0.337. The number of carbonyl (C=O) groups is 2. The molecule has 1 aromatic carbocycles. The molecule has 8 nitrogen and oxygen atoms in total. The minimum Gasteiger partial charge on any atom is -0.486 e. The number of thioether (sulfide) groups is 1. The summed E-state index contributed by atoms with van der Waals surface area (Å²) < 4.78 is 12.7. The third-order valence-corrected chi connectivity index (χ3v) is 7.57. The first kappa shape index (κ1) is 23.6. The molecule has 1 aliphatic rings. The van der Waals surface area contributed by atoms with Crippen molar-refractivity contribution < 1.29 is 19.1 Å². The molecule has 1 aliphatic carbocycles. The minimum atomic E-state index is -0.376. The molecule has 174 valence electrons. The number of esters is 1. The predicted octanol–water partition coefficient (Wildman–Crippen LogP) is 4.51. The van der Waals surface area contributed by atoms with E-state index in [2.05, 4.69) is 15.5 Å². The molecule has 11 heteroatoms. The van der Waals surface area contributed by atoms with Crippen LogP contribution in [-0.2, 0) is 36.0 Å². The molecule has 2 heterocycles. The number of ether oxygens (including phenoxy) is 2. The molecule has 4 rings (SSSR count). The van der Waals surface area contributed by atoms with E-state index >= 15 is 0 Å². The van der Waals surface area contributed by atoms with Crippen LogP contribution in [0.25, 0.3) is 0 Å². The van der Waals surface area contributed by atoms with Gasteiger partial charge < -0.3 is 19.4 Å². The number of hydrogen-bond donors (Lipinski definition) is 1. The Morgan fingerprint density at radius 1 is 1.24 bits per heavy atom. The third-order valence-electron chi connectivity index (χ3n) is 5.09. The third kappa shape index (κ3) is 5.51. The molecular weight excluding hydrogens is 484 g/mol. The Morgan fingerprint density at radius 3 is 2.79 bits per heavy atom. The largest absolute Gasteiger partial charge is 0.486 e. The number of nitrogens with zero attached hydrogens (tertiary/aromatic N) is 3. The maximum absolute atomic E-state index is 12.6. The van der Waals surface area contributed by atoms with E-state index in [4.69, 9.17) is 21.1 Å². The Morgan fingerprint density at radius 2 is 2.03 bits per heavy atom. The van der Waals surface area contributed by atoms with Crippen molar-refractivity contribution >= 4 is 51.6 Å². The zero-order valence-electron chi connectivity index (χ0n) is 18.2. The van der Waals surface area contributed by atoms with E-state index in [0.717, 1.165) is 29.7 Å². The number of halogens is 1. The maximum atomic E-state index is 12.6. The van der Waals surface area contributed by atoms with Crippen LogP contribution in [0.3, 0.4) is 0 Å². The topological polar surface area (TPSA) is 95.3 Å². The highest BCUT2D eigenvalue weighted by atomic mass is 35.5. The zero-order chi connectivity index (χ0) is 23.4. The second-order valence-corrected chi connectivity index (χ2v) is 9.80. The fourth-order valence-electron chi connectivity index (χ4n) is 3.48. The number of carbonyl (C=O) groups excluding carboxylic acids is 2. The van der Waals surface area contributed by atoms with Crippen LogP contribution >= 0.6 is 34.7 Å². The number of benzene rings is 1. The Bertz CT molecular complexity index is 1160. The van der Waals surface area contributed by atoms with Gasteiger partial charge in [0.1, 0.15) is 17.4 Å². The molecule has 0 radical (unpaired) electrons. The number of aryl methyl sites for hydroxylation is 1. The van der Waals surface area contributed by atoms with Crippen molar-refractivity contribution in [3.63, 3.8) is 0 Å². The van der Waals surface area contributed by atoms with Gasteiger partial charge in [-0.05, 0) is 56.0 Å². The van der Waals surface area contributed by atoms with Crippen LogP contribution in [-0.4, -0.2) is 39.0 Å². The summed E-state index contributed by atoms with van der Waals surface area (Å²) in [6.07, 6.45) is 2.79. The van der Waals surface area contributed by atoms with Gasteiger partial charge in [-0.15, -0.1) is 21.5 Å². The van der Waals surface area contributed by atoms with E-state index in [1.165, 1.54) is 23.1 Å². The lowest BCUT2D eigenvalue weighted by atomic mass is 10.1. The van der Waals surface area contributed by atoms with Crippen LogP contribution < -0.4 is 10.1 Å². The normalized spacial score (nSPS) is 12.5. The van der Waals surface area contributed by atoms with Gasteiger partial charge in [-0.1, -0.05) is 23.4 Å². The molecule has 0 atom stereocenters. The molecule has 1 N–H and O–H groups in total. The summed E-state index contributed by atoms with van der Waals surface area (Å²) in [5.74, 6) is 0.851. The highest BCUT2D eigenvalue weighted by Gasteiger charge is 2.28. The molecule has 0 spiro atoms. The molecule has 0 aliphatic heterocycles. The highest BCUT2D eigenvalue weighted by Crippen LogP contribution is 2.39. The Kier molecular flexibility index (Phi) is 7.56. The summed E-state index contributed by atoms with van der Waals surface area (Å²) in [6.45, 7) is 2.31. The summed E-state index contributed by atoms with van der Waals surface area (Å²) in [6, 6.07) is 7.07. The van der Waals surface area contributed by atoms with Crippen LogP contribution in [0.15, 0.2) is 29.4 Å². The van der Waals surface area contributed by atoms with Gasteiger partial charge in [-0.2, -0.15) is 0 Å². The van der Waals surface area contributed by atoms with Gasteiger partial charge in [0.05, 0.1) is 17.9 Å². The van der Waals surface area contributed by atoms with Crippen LogP contribution in [0.1, 0.15) is 40.0 Å². The van der Waals surface area contributed by atoms with Crippen molar-refractivity contribution in [1.29, 1.82) is 0 Å². The lowest BCUT2D eigenvalue weighted by molar-refractivity contribution is -0.113. The van der Waals surface area contributed by atoms with E-state index < -0.39 is 0 Å². The Balaban J connectivity index is 1.35. The monoisotopic (exact) mass is 506 g/mol. The fourth-order valence-corrected chi connectivity index (χ4v) is 5.63. The SMILES string of the molecule is CCOC(=O)c1c(NC(=O)CSc2nnc(COc3ccc(Cl)cc3)n2C)sc2c1CCC2. The molecule has 0 saturated heterocycles. The zero-order valence-corrected chi connectivity index (χ0v) is 20.6. The lowest BCUT2D eigenvalue weighted by Crippen LogP contribution is -2.17. The summed E-state index contributed by atoms with van der Waals surface area (Å²) in [7, 11) is 1.82. The second-order valence-electron chi connectivity index (χ2n) is 7.32. The molecule has 3 aromatic rings. The molecule has 1 amide bonds. The number of anilines is 1. The number of hydrogen-bond acceptors (Lipinski definition) is 8. The summed E-state index contributed by atoms with van der Waals surface area (Å²) >= 11 is 8.62. The summed E-state index contributed by atoms with van der Waals surface area (Å²) in [5.41, 5.74) is 1.52. The van der Waals surface area contributed by atoms with E-state index in [1.54, 1.807) is 35.8 Å². The van der Waals surface area contributed by atoms with Crippen molar-refractivity contribution in [1.82, 2.24) is 14.8 Å². The van der Waals surface area contributed by atoms with Gasteiger partial charge in [0.2, 0.25) is 5.91 Å². The predicted molar refractivity (Wildman–Crippen MR) is 128 cm³/mol. The molecule has 2 aromatic heterocycles. The molecule has 0 saturated carbocycles. The first-order valence-corrected chi connectivity index (χ1v) is 12.6. The molecular formula is C22H23ClN4O4S2. The van der Waals surface area contributed by atoms with Gasteiger partial charge in [-0.3, -0.25) is 4.79 Å². The average Bonchev–Trinajstić information content (AvgIpc) is 3.47. The first-order chi connectivity index (χ1) is 16.0. The minimum absolute atomic E-state index is 0.134. The fraction of sp³-hybridized carbons (Fsp3) is 0.364. The average molecular weight is 507 g/mol. The van der Waals surface area contributed by atoms with Crippen molar-refractivity contribution in [2.45, 2.75) is 37.9 Å². The number of fused-ring (bicyclic) bond motifs is 1. The van der Waals surface area contributed by atoms with Crippen molar-refractivity contribution in [3.05, 3.63) is 51.1 Å². The van der Waals surface area contributed by atoms with Crippen LogP contribution in [0.4, 0.5) is 5.00 Å². The van der Waals surface area contributed by atoms with E-state index in [0.29, 0.717) is 38.9 Å². The van der Waals surface area contributed by atoms with Gasteiger partial charge in [-0.25, -0.2) is 4.79 Å². The smallest absolute Gasteiger partial charge is 0.341 e. The maximum Gasteiger partial charge on any atom is 0.341 e. The van der Waals surface area contributed by atoms with E-state index in [9.17, 15) is 9.59 Å². The number of amides is 1. The number of rotatable bonds is 9. The van der Waals surface area contributed by atoms with Gasteiger partial charge in [0.25, 0.3) is 0 Å². The summed E-state index contributed by atoms with van der Waals surface area (Å²) in [5, 5.41) is 13.0. The highest BCUT2D eigenvalue weighted by molar-refractivity contribution is 7.99. The summed E-state index contributed by atoms with van der Waals surface area (Å²) in [4.78, 5) is 26.2. The molecule has 33 heavy (non-hydrogen) atoms. The number of nitrogens with one attached hydrogen (secondary N) is 1. The molecule has 0 bridgehead atoms. The van der Waals surface area contributed by atoms with Gasteiger partial charge in [0.15, 0.2) is 11.0 Å². The Labute approximate surface area is 204 Å². The second kappa shape index (κ2) is 10.6. The molecule has 0 fully saturated rings. The number of aromatic nitrogens is 3. The van der Waals surface area contributed by atoms with Crippen LogP contribution in [0, 0.1) is 0 Å². The number of thiophene rings is 1. The van der Waals surface area contributed by atoms with Crippen molar-refractivity contribution in [2.75, 3.05) is 17.7 Å². The van der Waals surface area contributed by atoms with Gasteiger partial charge >= 0.3 is 5.97 Å². The Hall–Kier alpha value is -2.56. The van der Waals surface area contributed by atoms with Crippen molar-refractivity contribution in [3.8, 4) is 5.75 Å². The van der Waals surface area contributed by atoms with Crippen LogP contribution in [0.2, 0.25) is 5.02 Å². The first-order valence-electron chi connectivity index (χ1n) is 10.5. The van der Waals surface area contributed by atoms with E-state index in [1.807, 2.05) is 7.05 Å². The lowest BCUT2D eigenvalue weighted by Gasteiger charge is -2.08. The van der Waals surface area contributed by atoms with Crippen molar-refractivity contribution in [2.24, 2.45) is 7.05 Å². The standard InChI is InChI=1S/C22H23ClN4O4S2/c1-3-30-21(29)19-15-5-4-6-16(15)33-20(19)24-18(28)12-32-22-26-25-17(27(22)2)11-31-14-9-7-13(23)8-10-14/h7-10H,3-6,11-12H2,1-2H3,(H,24,28). The van der Waals surface area contributed by atoms with E-state index in [-0.39, 0.29) is 24.2 Å².